The fraction of sp³-hybridized carbons (Fsp3) is 0.0769. The second-order valence-corrected chi connectivity index (χ2v) is 3.78. The molecule has 2 rings (SSSR count). The molecule has 0 aliphatic heterocycles. The van der Waals surface area contributed by atoms with E-state index in [1.807, 2.05) is 4.99 Å². The lowest BCUT2D eigenvalue weighted by molar-refractivity contribution is 1.63. The standard InChI is InChI=1S/C13H11Br.Si/c1-10(9-14)12-8-4-6-11-5-2-3-7-13(11)12;/h2-9H,1H3;. The predicted octanol–water partition coefficient (Wildman–Crippen LogP) is 4.21. The normalized spacial score (nSPS) is 11.2. The molecule has 0 nitrogen and oxygen atoms in total. The highest BCUT2D eigenvalue weighted by molar-refractivity contribution is 9.11. The Kier molecular flexibility index (Phi) is 4.30. The van der Waals surface area contributed by atoms with E-state index in [9.17, 15) is 0 Å². The molecule has 0 heterocycles. The zero-order valence-electron chi connectivity index (χ0n) is 8.50. The average Bonchev–Trinajstić information content (AvgIpc) is 2.27. The van der Waals surface area contributed by atoms with Crippen LogP contribution in [0.4, 0.5) is 0 Å². The van der Waals surface area contributed by atoms with Crippen LogP contribution in [0.1, 0.15) is 12.5 Å². The van der Waals surface area contributed by atoms with E-state index in [1.165, 1.54) is 21.9 Å². The van der Waals surface area contributed by atoms with Crippen LogP contribution < -0.4 is 0 Å². The highest BCUT2D eigenvalue weighted by Crippen LogP contribution is 2.25. The van der Waals surface area contributed by atoms with Crippen LogP contribution in [0.15, 0.2) is 47.4 Å². The Morgan fingerprint density at radius 3 is 2.47 bits per heavy atom. The zero-order chi connectivity index (χ0) is 9.97. The van der Waals surface area contributed by atoms with Gasteiger partial charge in [0, 0.05) is 11.0 Å². The molecular formula is C13H11BrSi. The van der Waals surface area contributed by atoms with Gasteiger partial charge in [-0.15, -0.1) is 0 Å². The molecule has 0 amide bonds. The molecule has 0 aliphatic carbocycles. The van der Waals surface area contributed by atoms with Crippen molar-refractivity contribution in [3.8, 4) is 0 Å². The Morgan fingerprint density at radius 1 is 1.07 bits per heavy atom. The Morgan fingerprint density at radius 2 is 1.73 bits per heavy atom. The van der Waals surface area contributed by atoms with E-state index in [0.717, 1.165) is 0 Å². The smallest absolute Gasteiger partial charge is 0 e. The minimum Gasteiger partial charge on any atom is -0.0616 e. The second-order valence-electron chi connectivity index (χ2n) is 3.32. The predicted molar refractivity (Wildman–Crippen MR) is 72.3 cm³/mol. The molecule has 0 saturated carbocycles. The number of benzene rings is 2. The molecular weight excluding hydrogens is 264 g/mol. The molecule has 0 aromatic heterocycles. The van der Waals surface area contributed by atoms with Crippen molar-refractivity contribution in [1.29, 1.82) is 0 Å². The molecule has 15 heavy (non-hydrogen) atoms. The van der Waals surface area contributed by atoms with Crippen molar-refractivity contribution in [2.75, 3.05) is 0 Å². The number of halogens is 1. The van der Waals surface area contributed by atoms with Crippen molar-refractivity contribution in [3.63, 3.8) is 0 Å². The molecule has 4 radical (unpaired) electrons. The van der Waals surface area contributed by atoms with Gasteiger partial charge in [0.25, 0.3) is 0 Å². The van der Waals surface area contributed by atoms with Gasteiger partial charge in [-0.3, -0.25) is 0 Å². The van der Waals surface area contributed by atoms with Crippen molar-refractivity contribution in [3.05, 3.63) is 53.0 Å². The summed E-state index contributed by atoms with van der Waals surface area (Å²) < 4.78 is 0. The minimum atomic E-state index is 0. The summed E-state index contributed by atoms with van der Waals surface area (Å²) in [7, 11) is 0. The first-order valence-corrected chi connectivity index (χ1v) is 5.49. The van der Waals surface area contributed by atoms with Crippen LogP contribution in [0.2, 0.25) is 0 Å². The lowest BCUT2D eigenvalue weighted by Gasteiger charge is -2.05. The highest BCUT2D eigenvalue weighted by Gasteiger charge is 2.00. The first kappa shape index (κ1) is 12.2. The van der Waals surface area contributed by atoms with Crippen LogP contribution >= 0.6 is 15.9 Å². The summed E-state index contributed by atoms with van der Waals surface area (Å²) >= 11 is 3.38. The summed E-state index contributed by atoms with van der Waals surface area (Å²) in [6, 6.07) is 14.8. The van der Waals surface area contributed by atoms with Gasteiger partial charge >= 0.3 is 0 Å². The largest absolute Gasteiger partial charge is 0.0616 e. The maximum Gasteiger partial charge on any atom is 0 e. The Labute approximate surface area is 103 Å². The van der Waals surface area contributed by atoms with E-state index in [1.54, 1.807) is 0 Å². The van der Waals surface area contributed by atoms with Gasteiger partial charge in [-0.05, 0) is 33.8 Å². The molecule has 2 heteroatoms. The van der Waals surface area contributed by atoms with E-state index in [2.05, 4.69) is 65.3 Å². The van der Waals surface area contributed by atoms with E-state index >= 15 is 0 Å². The van der Waals surface area contributed by atoms with Crippen molar-refractivity contribution in [2.45, 2.75) is 6.92 Å². The molecule has 0 N–H and O–H groups in total. The van der Waals surface area contributed by atoms with E-state index in [-0.39, 0.29) is 11.0 Å². The van der Waals surface area contributed by atoms with Crippen molar-refractivity contribution in [2.24, 2.45) is 0 Å². The van der Waals surface area contributed by atoms with Crippen LogP contribution in [-0.2, 0) is 0 Å². The molecule has 2 aromatic rings. The molecule has 2 aromatic carbocycles. The SMILES string of the molecule is CC(=CBr)c1cccc2ccccc12.[Si]. The van der Waals surface area contributed by atoms with E-state index < -0.39 is 0 Å². The van der Waals surface area contributed by atoms with Gasteiger partial charge < -0.3 is 0 Å². The molecule has 0 saturated heterocycles. The summed E-state index contributed by atoms with van der Waals surface area (Å²) in [5.74, 6) is 0. The summed E-state index contributed by atoms with van der Waals surface area (Å²) in [4.78, 5) is 1.97. The van der Waals surface area contributed by atoms with E-state index in [4.69, 9.17) is 0 Å². The topological polar surface area (TPSA) is 0 Å². The first-order valence-electron chi connectivity index (χ1n) is 4.58. The zero-order valence-corrected chi connectivity index (χ0v) is 11.1. The van der Waals surface area contributed by atoms with Gasteiger partial charge in [0.15, 0.2) is 0 Å². The third kappa shape index (κ3) is 2.39. The van der Waals surface area contributed by atoms with Gasteiger partial charge in [-0.25, -0.2) is 0 Å². The third-order valence-electron chi connectivity index (χ3n) is 2.38. The fourth-order valence-corrected chi connectivity index (χ4v) is 1.87. The molecule has 0 spiro atoms. The number of hydrogen-bond donors (Lipinski definition) is 0. The Balaban J connectivity index is 0.00000112. The second kappa shape index (κ2) is 5.28. The molecule has 74 valence electrons. The molecule has 0 unspecified atom stereocenters. The fourth-order valence-electron chi connectivity index (χ4n) is 1.63. The average molecular weight is 275 g/mol. The van der Waals surface area contributed by atoms with Gasteiger partial charge in [0.1, 0.15) is 0 Å². The summed E-state index contributed by atoms with van der Waals surface area (Å²) in [5.41, 5.74) is 2.54. The lowest BCUT2D eigenvalue weighted by Crippen LogP contribution is -1.81. The Bertz CT molecular complexity index is 483. The van der Waals surface area contributed by atoms with Crippen LogP contribution in [-0.4, -0.2) is 11.0 Å². The van der Waals surface area contributed by atoms with Crippen LogP contribution in [0, 0.1) is 0 Å². The van der Waals surface area contributed by atoms with Crippen molar-refractivity contribution in [1.82, 2.24) is 0 Å². The van der Waals surface area contributed by atoms with Crippen molar-refractivity contribution < 1.29 is 0 Å². The van der Waals surface area contributed by atoms with Gasteiger partial charge in [-0.1, -0.05) is 58.4 Å². The van der Waals surface area contributed by atoms with E-state index in [0.29, 0.717) is 0 Å². The molecule has 0 aliphatic rings. The number of fused-ring (bicyclic) bond motifs is 1. The lowest BCUT2D eigenvalue weighted by atomic mass is 10.0. The molecule has 0 atom stereocenters. The summed E-state index contributed by atoms with van der Waals surface area (Å²) in [6.07, 6.45) is 0. The van der Waals surface area contributed by atoms with Crippen LogP contribution in [0.25, 0.3) is 16.3 Å². The summed E-state index contributed by atoms with van der Waals surface area (Å²) in [6.45, 7) is 2.11. The van der Waals surface area contributed by atoms with Gasteiger partial charge in [0.2, 0.25) is 0 Å². The van der Waals surface area contributed by atoms with Gasteiger partial charge in [-0.2, -0.15) is 0 Å². The number of rotatable bonds is 1. The van der Waals surface area contributed by atoms with Crippen LogP contribution in [0.3, 0.4) is 0 Å². The maximum atomic E-state index is 3.38. The molecule has 0 fully saturated rings. The quantitative estimate of drug-likeness (QED) is 0.684. The monoisotopic (exact) mass is 274 g/mol. The number of allylic oxidation sites excluding steroid dienone is 1. The van der Waals surface area contributed by atoms with Crippen molar-refractivity contribution >= 4 is 43.2 Å². The maximum absolute atomic E-state index is 3.38. The summed E-state index contributed by atoms with van der Waals surface area (Å²) in [5, 5.41) is 2.60. The first-order chi connectivity index (χ1) is 6.83. The molecule has 0 bridgehead atoms. The minimum absolute atomic E-state index is 0. The highest BCUT2D eigenvalue weighted by atomic mass is 79.9. The third-order valence-corrected chi connectivity index (χ3v) is 3.06. The number of hydrogen-bond acceptors (Lipinski definition) is 0. The van der Waals surface area contributed by atoms with Crippen LogP contribution in [0.5, 0.6) is 0 Å². The Hall–Kier alpha value is -0.863. The van der Waals surface area contributed by atoms with Gasteiger partial charge in [0.05, 0.1) is 0 Å².